The fraction of sp³-hybridized carbons (Fsp3) is 0.231. The van der Waals surface area contributed by atoms with Crippen molar-refractivity contribution in [2.75, 3.05) is 0 Å². The van der Waals surface area contributed by atoms with Crippen LogP contribution < -0.4 is 5.32 Å². The minimum absolute atomic E-state index is 0.344. The van der Waals surface area contributed by atoms with Crippen LogP contribution in [0.5, 0.6) is 0 Å². The second kappa shape index (κ2) is 11.0. The summed E-state index contributed by atoms with van der Waals surface area (Å²) in [5, 5.41) is 1.79. The first-order chi connectivity index (χ1) is 8.04. The molecular weight excluding hydrogens is 234 g/mol. The quantitative estimate of drug-likeness (QED) is 0.462. The number of imide groups is 1. The van der Waals surface area contributed by atoms with E-state index in [1.54, 1.807) is 6.08 Å². The molecule has 17 heavy (non-hydrogen) atoms. The molecule has 0 radical (unpaired) electrons. The summed E-state index contributed by atoms with van der Waals surface area (Å²) >= 11 is 0.870. The van der Waals surface area contributed by atoms with E-state index in [4.69, 9.17) is 0 Å². The van der Waals surface area contributed by atoms with Crippen LogP contribution in [0.25, 0.3) is 0 Å². The van der Waals surface area contributed by atoms with E-state index >= 15 is 0 Å². The Morgan fingerprint density at radius 3 is 2.06 bits per heavy atom. The second-order valence-corrected chi connectivity index (χ2v) is 3.55. The highest BCUT2D eigenvalue weighted by molar-refractivity contribution is 8.18. The van der Waals surface area contributed by atoms with Gasteiger partial charge >= 0.3 is 0 Å². The number of allylic oxidation sites excluding steroid dienone is 4. The summed E-state index contributed by atoms with van der Waals surface area (Å²) in [4.78, 5) is 22.0. The van der Waals surface area contributed by atoms with Crippen molar-refractivity contribution in [1.29, 1.82) is 0 Å². The van der Waals surface area contributed by atoms with Crippen LogP contribution in [0.4, 0.5) is 4.79 Å². The smallest absolute Gasteiger partial charge is 0.282 e. The van der Waals surface area contributed by atoms with E-state index in [-0.39, 0.29) is 11.1 Å². The van der Waals surface area contributed by atoms with Crippen molar-refractivity contribution in [2.24, 2.45) is 0 Å². The number of hydrogen-bond donors (Lipinski definition) is 1. The van der Waals surface area contributed by atoms with Crippen molar-refractivity contribution in [1.82, 2.24) is 5.32 Å². The molecule has 1 heterocycles. The topological polar surface area (TPSA) is 46.2 Å². The molecule has 0 unspecified atom stereocenters. The Bertz CT molecular complexity index is 343. The highest BCUT2D eigenvalue weighted by Gasteiger charge is 2.24. The van der Waals surface area contributed by atoms with Gasteiger partial charge in [0.05, 0.1) is 4.91 Å². The number of rotatable bonds is 2. The Hall–Kier alpha value is -1.55. The molecule has 0 bridgehead atoms. The summed E-state index contributed by atoms with van der Waals surface area (Å²) in [6, 6.07) is 0. The molecule has 1 N–H and O–H groups in total. The van der Waals surface area contributed by atoms with E-state index in [0.717, 1.165) is 11.8 Å². The molecule has 2 amide bonds. The maximum absolute atomic E-state index is 10.9. The lowest BCUT2D eigenvalue weighted by Crippen LogP contribution is -2.17. The lowest BCUT2D eigenvalue weighted by molar-refractivity contribution is -0.115. The fourth-order valence-corrected chi connectivity index (χ4v) is 1.35. The summed E-state index contributed by atoms with van der Waals surface area (Å²) < 4.78 is 0. The van der Waals surface area contributed by atoms with Gasteiger partial charge < -0.3 is 0 Å². The molecule has 1 rings (SSSR count). The zero-order chi connectivity index (χ0) is 13.8. The lowest BCUT2D eigenvalue weighted by Gasteiger charge is -1.89. The molecule has 1 aliphatic heterocycles. The third kappa shape index (κ3) is 8.28. The van der Waals surface area contributed by atoms with Gasteiger partial charge in [-0.15, -0.1) is 6.58 Å². The Kier molecular flexibility index (Phi) is 11.5. The van der Waals surface area contributed by atoms with Crippen molar-refractivity contribution in [2.45, 2.75) is 20.8 Å². The van der Waals surface area contributed by atoms with Crippen LogP contribution in [0.3, 0.4) is 0 Å². The predicted molar refractivity (Wildman–Crippen MR) is 75.8 cm³/mol. The molecule has 3 nitrogen and oxygen atoms in total. The summed E-state index contributed by atoms with van der Waals surface area (Å²) in [6.07, 6.45) is 4.79. The van der Waals surface area contributed by atoms with Crippen LogP contribution in [-0.4, -0.2) is 11.1 Å². The third-order valence-electron chi connectivity index (χ3n) is 1.22. The first kappa shape index (κ1) is 17.8. The number of carbonyl (C=O) groups is 2. The van der Waals surface area contributed by atoms with Gasteiger partial charge in [0, 0.05) is 0 Å². The van der Waals surface area contributed by atoms with Crippen LogP contribution in [-0.2, 0) is 4.79 Å². The van der Waals surface area contributed by atoms with E-state index in [1.165, 1.54) is 12.2 Å². The van der Waals surface area contributed by atoms with Crippen molar-refractivity contribution in [3.05, 3.63) is 48.4 Å². The van der Waals surface area contributed by atoms with Crippen LogP contribution >= 0.6 is 11.8 Å². The fourth-order valence-electron chi connectivity index (χ4n) is 0.648. The standard InChI is InChI=1S/C8H7NO2S.C3H6.C2H6/c1-3-5(2)4-6-7(10)9-8(11)12-6;1-3-2;1-2/h3-4H,1-2H2,(H,9,10,11);3H,1H2,2H3;1-2H3/b6-4-;;. The van der Waals surface area contributed by atoms with Gasteiger partial charge in [-0.1, -0.05) is 39.2 Å². The number of thioether (sulfide) groups is 1. The molecular formula is C13H19NO2S. The average molecular weight is 253 g/mol. The highest BCUT2D eigenvalue weighted by atomic mass is 32.2. The Morgan fingerprint density at radius 2 is 1.76 bits per heavy atom. The molecule has 0 aliphatic carbocycles. The molecule has 0 saturated carbocycles. The molecule has 94 valence electrons. The van der Waals surface area contributed by atoms with Gasteiger partial charge in [0.15, 0.2) is 0 Å². The largest absolute Gasteiger partial charge is 0.290 e. The summed E-state index contributed by atoms with van der Waals surface area (Å²) in [5.41, 5.74) is 0.613. The molecule has 4 heteroatoms. The minimum atomic E-state index is -0.368. The normalized spacial score (nSPS) is 14.9. The molecule has 1 aliphatic rings. The summed E-state index contributed by atoms with van der Waals surface area (Å²) in [7, 11) is 0. The van der Waals surface area contributed by atoms with Gasteiger partial charge in [-0.3, -0.25) is 14.9 Å². The monoisotopic (exact) mass is 253 g/mol. The van der Waals surface area contributed by atoms with Gasteiger partial charge in [0.1, 0.15) is 0 Å². The van der Waals surface area contributed by atoms with Gasteiger partial charge in [0.25, 0.3) is 11.1 Å². The van der Waals surface area contributed by atoms with Crippen molar-refractivity contribution >= 4 is 22.9 Å². The maximum atomic E-state index is 10.9. The molecule has 0 aromatic carbocycles. The average Bonchev–Trinajstić information content (AvgIpc) is 2.61. The van der Waals surface area contributed by atoms with E-state index in [9.17, 15) is 9.59 Å². The molecule has 0 spiro atoms. The van der Waals surface area contributed by atoms with Gasteiger partial charge in [-0.05, 0) is 30.3 Å². The third-order valence-corrected chi connectivity index (χ3v) is 2.03. The van der Waals surface area contributed by atoms with Crippen molar-refractivity contribution in [3.63, 3.8) is 0 Å². The SMILES string of the molecule is C=CC.C=CC(=C)/C=C1\SC(=O)NC1=O.CC. The lowest BCUT2D eigenvalue weighted by atomic mass is 10.3. The molecule has 0 aromatic heterocycles. The van der Waals surface area contributed by atoms with E-state index < -0.39 is 0 Å². The zero-order valence-electron chi connectivity index (χ0n) is 10.6. The summed E-state index contributed by atoms with van der Waals surface area (Å²) in [5.74, 6) is -0.368. The molecule has 1 saturated heterocycles. The first-order valence-electron chi connectivity index (χ1n) is 5.18. The Morgan fingerprint density at radius 1 is 1.29 bits per heavy atom. The Labute approximate surface area is 107 Å². The molecule has 1 fully saturated rings. The van der Waals surface area contributed by atoms with Crippen LogP contribution in [0, 0.1) is 0 Å². The van der Waals surface area contributed by atoms with E-state index in [2.05, 4.69) is 25.1 Å². The van der Waals surface area contributed by atoms with Crippen LogP contribution in [0.15, 0.2) is 48.4 Å². The van der Waals surface area contributed by atoms with Crippen molar-refractivity contribution < 1.29 is 9.59 Å². The predicted octanol–water partition coefficient (Wildman–Crippen LogP) is 3.81. The van der Waals surface area contributed by atoms with E-state index in [1.807, 2.05) is 20.8 Å². The zero-order valence-corrected chi connectivity index (χ0v) is 11.4. The van der Waals surface area contributed by atoms with Crippen molar-refractivity contribution in [3.8, 4) is 0 Å². The number of nitrogens with one attached hydrogen (secondary N) is 1. The minimum Gasteiger partial charge on any atom is -0.282 e. The molecule has 0 atom stereocenters. The number of carbonyl (C=O) groups excluding carboxylic acids is 2. The Balaban J connectivity index is 0. The first-order valence-corrected chi connectivity index (χ1v) is 6.00. The number of hydrogen-bond acceptors (Lipinski definition) is 3. The number of amides is 2. The van der Waals surface area contributed by atoms with Gasteiger partial charge in [-0.2, -0.15) is 0 Å². The molecule has 0 aromatic rings. The van der Waals surface area contributed by atoms with Gasteiger partial charge in [-0.25, -0.2) is 0 Å². The second-order valence-electron chi connectivity index (χ2n) is 2.54. The van der Waals surface area contributed by atoms with Crippen LogP contribution in [0.1, 0.15) is 20.8 Å². The van der Waals surface area contributed by atoms with Gasteiger partial charge in [0.2, 0.25) is 0 Å². The summed E-state index contributed by atoms with van der Waals surface area (Å²) in [6.45, 7) is 16.3. The van der Waals surface area contributed by atoms with E-state index in [0.29, 0.717) is 10.5 Å². The van der Waals surface area contributed by atoms with Crippen LogP contribution in [0.2, 0.25) is 0 Å². The maximum Gasteiger partial charge on any atom is 0.290 e. The highest BCUT2D eigenvalue weighted by Crippen LogP contribution is 2.23.